The molecular weight excluding hydrogens is 466 g/mol. The van der Waals surface area contributed by atoms with Crippen molar-refractivity contribution in [2.45, 2.75) is 35.4 Å². The van der Waals surface area contributed by atoms with Crippen molar-refractivity contribution in [3.63, 3.8) is 0 Å². The second-order valence-electron chi connectivity index (χ2n) is 4.87. The molecule has 0 aliphatic rings. The van der Waals surface area contributed by atoms with Crippen LogP contribution < -0.4 is 5.32 Å². The van der Waals surface area contributed by atoms with Gasteiger partial charge in [-0.15, -0.1) is 13.2 Å². The first kappa shape index (κ1) is 29.7. The van der Waals surface area contributed by atoms with Crippen LogP contribution >= 0.6 is 0 Å². The molecule has 174 valence electrons. The topological polar surface area (TPSA) is 66.4 Å². The third kappa shape index (κ3) is 5.56. The van der Waals surface area contributed by atoms with Gasteiger partial charge in [0.15, 0.2) is 0 Å². The second-order valence-corrected chi connectivity index (χ2v) is 6.34. The summed E-state index contributed by atoms with van der Waals surface area (Å²) in [4.78, 5) is 0. The Bertz CT molecular complexity index is 655. The Labute approximate surface area is 156 Å². The third-order valence-electron chi connectivity index (χ3n) is 2.75. The molecule has 0 bridgehead atoms. The molecule has 0 amide bonds. The van der Waals surface area contributed by atoms with Crippen molar-refractivity contribution in [2.24, 2.45) is 0 Å². The zero-order chi connectivity index (χ0) is 24.1. The van der Waals surface area contributed by atoms with Gasteiger partial charge in [-0.05, 0) is 0 Å². The number of halogens is 12. The zero-order valence-corrected chi connectivity index (χ0v) is 14.6. The molecule has 0 saturated heterocycles. The van der Waals surface area contributed by atoms with Crippen LogP contribution in [0.2, 0.25) is 0 Å². The van der Waals surface area contributed by atoms with Crippen molar-refractivity contribution in [3.8, 4) is 0 Å². The van der Waals surface area contributed by atoms with E-state index in [0.29, 0.717) is 0 Å². The minimum atomic E-state index is -7.99. The summed E-state index contributed by atoms with van der Waals surface area (Å²) in [6.07, 6.45) is -2.05. The molecule has 0 fully saturated rings. The molecule has 0 aliphatic heterocycles. The Balaban J connectivity index is 0. The molecule has 0 atom stereocenters. The fourth-order valence-electron chi connectivity index (χ4n) is 1.18. The first-order valence-corrected chi connectivity index (χ1v) is 8.12. The number of rotatable bonds is 10. The summed E-state index contributed by atoms with van der Waals surface area (Å²) in [6.45, 7) is 8.81. The highest BCUT2D eigenvalue weighted by Gasteiger charge is 2.90. The van der Waals surface area contributed by atoms with Crippen LogP contribution in [0.1, 0.15) is 0 Å². The maximum absolute atomic E-state index is 12.7. The van der Waals surface area contributed by atoms with Gasteiger partial charge in [0.2, 0.25) is 0 Å². The van der Waals surface area contributed by atoms with Gasteiger partial charge in [0, 0.05) is 13.1 Å². The number of hydrogen-bond acceptors (Lipinski definition) is 3. The normalized spacial score (nSPS) is 14.3. The number of alkyl halides is 12. The molecule has 0 spiro atoms. The molecule has 29 heavy (non-hydrogen) atoms. The predicted molar refractivity (Wildman–Crippen MR) is 75.6 cm³/mol. The Hall–Kier alpha value is -1.49. The van der Waals surface area contributed by atoms with Crippen molar-refractivity contribution >= 4 is 10.1 Å². The highest BCUT2D eigenvalue weighted by Crippen LogP contribution is 2.58. The van der Waals surface area contributed by atoms with E-state index in [0.717, 1.165) is 13.1 Å². The highest BCUT2D eigenvalue weighted by atomic mass is 32.2. The first-order chi connectivity index (χ1) is 12.6. The average Bonchev–Trinajstić information content (AvgIpc) is 2.54. The van der Waals surface area contributed by atoms with Gasteiger partial charge >= 0.3 is 45.5 Å². The summed E-state index contributed by atoms with van der Waals surface area (Å²) in [5.74, 6) is -30.9. The summed E-state index contributed by atoms with van der Waals surface area (Å²) in [7, 11) is -7.50. The lowest BCUT2D eigenvalue weighted by atomic mass is 9.99. The minimum absolute atomic E-state index is 0.867. The van der Waals surface area contributed by atoms with Gasteiger partial charge in [-0.25, -0.2) is 8.78 Å². The van der Waals surface area contributed by atoms with Crippen LogP contribution in [-0.4, -0.2) is 61.4 Å². The van der Waals surface area contributed by atoms with Gasteiger partial charge in [0.05, 0.1) is 0 Å². The second kappa shape index (κ2) is 9.55. The lowest BCUT2D eigenvalue weighted by molar-refractivity contribution is -0.402. The minimum Gasteiger partial charge on any atom is -0.310 e. The van der Waals surface area contributed by atoms with E-state index in [1.165, 1.54) is 0 Å². The predicted octanol–water partition coefficient (Wildman–Crippen LogP) is 4.22. The van der Waals surface area contributed by atoms with Gasteiger partial charge in [0.1, 0.15) is 0 Å². The summed E-state index contributed by atoms with van der Waals surface area (Å²) in [5.41, 5.74) is 0. The Morgan fingerprint density at radius 3 is 1.38 bits per heavy atom. The molecule has 0 saturated carbocycles. The molecule has 0 unspecified atom stereocenters. The largest absolute Gasteiger partial charge is 0.438 e. The van der Waals surface area contributed by atoms with E-state index in [9.17, 15) is 61.1 Å². The lowest BCUT2D eigenvalue weighted by Crippen LogP contribution is -2.69. The number of nitrogens with one attached hydrogen (secondary N) is 1. The SMILES string of the molecule is C=CCNCC=C.O=S(=O)(O)C(F)(F)C(F)(F)C(F)(F)C(F)(F)C(F)(F)C(F)F. The number of hydrogen-bond donors (Lipinski definition) is 2. The maximum atomic E-state index is 12.7. The Morgan fingerprint density at radius 2 is 1.14 bits per heavy atom. The lowest BCUT2D eigenvalue weighted by Gasteiger charge is -2.37. The first-order valence-electron chi connectivity index (χ1n) is 6.68. The molecule has 0 aromatic rings. The molecule has 0 rings (SSSR count). The van der Waals surface area contributed by atoms with Gasteiger partial charge in [-0.1, -0.05) is 12.2 Å². The molecule has 0 aliphatic carbocycles. The molecule has 0 heterocycles. The van der Waals surface area contributed by atoms with E-state index >= 15 is 0 Å². The van der Waals surface area contributed by atoms with Gasteiger partial charge in [-0.3, -0.25) is 4.55 Å². The van der Waals surface area contributed by atoms with Gasteiger partial charge in [-0.2, -0.15) is 52.3 Å². The molecular formula is C12H13F12NO3S. The van der Waals surface area contributed by atoms with Crippen LogP contribution in [0.4, 0.5) is 52.7 Å². The van der Waals surface area contributed by atoms with Crippen LogP contribution in [0, 0.1) is 0 Å². The van der Waals surface area contributed by atoms with E-state index in [4.69, 9.17) is 4.55 Å². The van der Waals surface area contributed by atoms with Crippen molar-refractivity contribution in [3.05, 3.63) is 25.3 Å². The van der Waals surface area contributed by atoms with Gasteiger partial charge < -0.3 is 5.32 Å². The Morgan fingerprint density at radius 1 is 0.793 bits per heavy atom. The molecule has 0 radical (unpaired) electrons. The van der Waals surface area contributed by atoms with E-state index in [1.54, 1.807) is 0 Å². The third-order valence-corrected chi connectivity index (χ3v) is 3.65. The Kier molecular flexibility index (Phi) is 9.78. The zero-order valence-electron chi connectivity index (χ0n) is 13.8. The molecule has 17 heteroatoms. The van der Waals surface area contributed by atoms with Crippen LogP contribution in [0.3, 0.4) is 0 Å². The van der Waals surface area contributed by atoms with Crippen molar-refractivity contribution in [1.82, 2.24) is 5.32 Å². The molecule has 4 nitrogen and oxygen atoms in total. The van der Waals surface area contributed by atoms with Crippen LogP contribution in [0.15, 0.2) is 25.3 Å². The molecule has 0 aromatic carbocycles. The van der Waals surface area contributed by atoms with Crippen LogP contribution in [0.5, 0.6) is 0 Å². The fourth-order valence-corrected chi connectivity index (χ4v) is 1.63. The molecule has 2 N–H and O–H groups in total. The van der Waals surface area contributed by atoms with E-state index in [2.05, 4.69) is 18.5 Å². The van der Waals surface area contributed by atoms with Crippen molar-refractivity contribution in [1.29, 1.82) is 0 Å². The van der Waals surface area contributed by atoms with Gasteiger partial charge in [0.25, 0.3) is 0 Å². The standard InChI is InChI=1S/C6H2F12O3S.C6H11N/c7-1(8)2(9,10)3(11,12)4(13,14)5(15,16)6(17,18)22(19,20)21;1-3-5-7-6-4-2/h1H,(H,19,20,21);3-4,7H,1-2,5-6H2. The van der Waals surface area contributed by atoms with Crippen LogP contribution in [-0.2, 0) is 10.1 Å². The summed E-state index contributed by atoms with van der Waals surface area (Å²) < 4.78 is 176. The summed E-state index contributed by atoms with van der Waals surface area (Å²) in [6, 6.07) is 0. The van der Waals surface area contributed by atoms with E-state index < -0.39 is 45.5 Å². The average molecular weight is 479 g/mol. The molecule has 0 aromatic heterocycles. The smallest absolute Gasteiger partial charge is 0.310 e. The quantitative estimate of drug-likeness (QED) is 0.213. The van der Waals surface area contributed by atoms with E-state index in [-0.39, 0.29) is 0 Å². The van der Waals surface area contributed by atoms with Crippen LogP contribution in [0.25, 0.3) is 0 Å². The highest BCUT2D eigenvalue weighted by molar-refractivity contribution is 7.87. The fraction of sp³-hybridized carbons (Fsp3) is 0.667. The summed E-state index contributed by atoms with van der Waals surface area (Å²) in [5, 5.41) is -4.34. The van der Waals surface area contributed by atoms with Crippen molar-refractivity contribution < 1.29 is 65.7 Å². The monoisotopic (exact) mass is 479 g/mol. The van der Waals surface area contributed by atoms with Crippen molar-refractivity contribution in [2.75, 3.05) is 13.1 Å². The maximum Gasteiger partial charge on any atom is 0.438 e. The van der Waals surface area contributed by atoms with E-state index in [1.807, 2.05) is 12.2 Å². The summed E-state index contributed by atoms with van der Waals surface area (Å²) >= 11 is 0.